The lowest BCUT2D eigenvalue weighted by molar-refractivity contribution is 0.0192. The number of hydrogen-bond donors (Lipinski definition) is 1. The van der Waals surface area contributed by atoms with Gasteiger partial charge in [0.25, 0.3) is 0 Å². The topological polar surface area (TPSA) is 38.5 Å². The maximum Gasteiger partial charge on any atom is 0.128 e. The van der Waals surface area contributed by atoms with Crippen LogP contribution in [-0.2, 0) is 4.74 Å². The first-order chi connectivity index (χ1) is 7.68. The van der Waals surface area contributed by atoms with E-state index in [4.69, 9.17) is 10.5 Å². The van der Waals surface area contributed by atoms with Gasteiger partial charge in [0.05, 0.1) is 13.2 Å². The maximum absolute atomic E-state index is 13.7. The summed E-state index contributed by atoms with van der Waals surface area (Å²) in [6.45, 7) is 5.12. The summed E-state index contributed by atoms with van der Waals surface area (Å²) in [6, 6.07) is 4.79. The third-order valence-electron chi connectivity index (χ3n) is 3.06. The van der Waals surface area contributed by atoms with Gasteiger partial charge in [-0.2, -0.15) is 0 Å². The van der Waals surface area contributed by atoms with Gasteiger partial charge in [0.15, 0.2) is 0 Å². The summed E-state index contributed by atoms with van der Waals surface area (Å²) in [5.74, 6) is -0.187. The van der Waals surface area contributed by atoms with Gasteiger partial charge in [-0.25, -0.2) is 4.39 Å². The zero-order valence-corrected chi connectivity index (χ0v) is 9.45. The third-order valence-corrected chi connectivity index (χ3v) is 3.06. The molecule has 0 spiro atoms. The minimum atomic E-state index is -0.187. The van der Waals surface area contributed by atoms with Gasteiger partial charge in [-0.1, -0.05) is 0 Å². The van der Waals surface area contributed by atoms with E-state index in [9.17, 15) is 4.39 Å². The predicted molar refractivity (Wildman–Crippen MR) is 61.6 cm³/mol. The summed E-state index contributed by atoms with van der Waals surface area (Å²) >= 11 is 0. The molecule has 1 aromatic carbocycles. The molecule has 88 valence electrons. The van der Waals surface area contributed by atoms with E-state index in [0.29, 0.717) is 24.5 Å². The highest BCUT2D eigenvalue weighted by molar-refractivity contribution is 5.42. The summed E-state index contributed by atoms with van der Waals surface area (Å²) in [4.78, 5) is 2.21. The average Bonchev–Trinajstić information content (AvgIpc) is 2.32. The molecule has 1 aliphatic heterocycles. The molecule has 0 aromatic heterocycles. The number of nitrogen functional groups attached to an aromatic ring is 1. The molecule has 0 amide bonds. The Morgan fingerprint density at radius 2 is 2.06 bits per heavy atom. The summed E-state index contributed by atoms with van der Waals surface area (Å²) < 4.78 is 18.9. The predicted octanol–water partition coefficient (Wildman–Crippen LogP) is 1.80. The van der Waals surface area contributed by atoms with Crippen molar-refractivity contribution in [1.29, 1.82) is 0 Å². The zero-order valence-electron chi connectivity index (χ0n) is 9.45. The third kappa shape index (κ3) is 2.33. The Morgan fingerprint density at radius 3 is 2.75 bits per heavy atom. The van der Waals surface area contributed by atoms with Gasteiger partial charge in [0.1, 0.15) is 5.82 Å². The number of rotatable bonds is 2. The second kappa shape index (κ2) is 4.80. The first-order valence-corrected chi connectivity index (χ1v) is 5.55. The molecule has 2 rings (SSSR count). The number of anilines is 1. The van der Waals surface area contributed by atoms with Gasteiger partial charge in [0, 0.05) is 30.4 Å². The standard InChI is InChI=1S/C12H17FN2O/c1-9(15-4-6-16-7-5-15)11-8-10(14)2-3-12(11)13/h2-3,8-9H,4-7,14H2,1H3. The van der Waals surface area contributed by atoms with Gasteiger partial charge in [-0.15, -0.1) is 0 Å². The van der Waals surface area contributed by atoms with E-state index in [1.165, 1.54) is 6.07 Å². The average molecular weight is 224 g/mol. The molecule has 1 heterocycles. The Labute approximate surface area is 95.0 Å². The summed E-state index contributed by atoms with van der Waals surface area (Å²) in [5.41, 5.74) is 6.96. The maximum atomic E-state index is 13.7. The molecule has 1 unspecified atom stereocenters. The van der Waals surface area contributed by atoms with Crippen molar-refractivity contribution < 1.29 is 9.13 Å². The fraction of sp³-hybridized carbons (Fsp3) is 0.500. The second-order valence-electron chi connectivity index (χ2n) is 4.11. The van der Waals surface area contributed by atoms with Crippen LogP contribution in [0.15, 0.2) is 18.2 Å². The number of ether oxygens (including phenoxy) is 1. The van der Waals surface area contributed by atoms with Crippen molar-refractivity contribution in [2.45, 2.75) is 13.0 Å². The Kier molecular flexibility index (Phi) is 3.41. The van der Waals surface area contributed by atoms with E-state index in [-0.39, 0.29) is 11.9 Å². The number of nitrogens with zero attached hydrogens (tertiary/aromatic N) is 1. The summed E-state index contributed by atoms with van der Waals surface area (Å²) in [7, 11) is 0. The van der Waals surface area contributed by atoms with Gasteiger partial charge in [0.2, 0.25) is 0 Å². The molecule has 0 bridgehead atoms. The lowest BCUT2D eigenvalue weighted by Gasteiger charge is -2.32. The molecule has 2 N–H and O–H groups in total. The van der Waals surface area contributed by atoms with Crippen LogP contribution in [-0.4, -0.2) is 31.2 Å². The zero-order chi connectivity index (χ0) is 11.5. The Balaban J connectivity index is 2.18. The lowest BCUT2D eigenvalue weighted by Crippen LogP contribution is -2.38. The van der Waals surface area contributed by atoms with E-state index in [0.717, 1.165) is 13.1 Å². The summed E-state index contributed by atoms with van der Waals surface area (Å²) in [6.07, 6.45) is 0. The number of nitrogens with two attached hydrogens (primary N) is 1. The molecule has 1 aliphatic rings. The van der Waals surface area contributed by atoms with Crippen molar-refractivity contribution in [2.24, 2.45) is 0 Å². The minimum Gasteiger partial charge on any atom is -0.399 e. The van der Waals surface area contributed by atoms with Crippen molar-refractivity contribution in [1.82, 2.24) is 4.90 Å². The fourth-order valence-corrected chi connectivity index (χ4v) is 2.04. The van der Waals surface area contributed by atoms with Gasteiger partial charge < -0.3 is 10.5 Å². The Hall–Kier alpha value is -1.13. The molecule has 3 nitrogen and oxygen atoms in total. The fourth-order valence-electron chi connectivity index (χ4n) is 2.04. The van der Waals surface area contributed by atoms with E-state index < -0.39 is 0 Å². The molecule has 1 saturated heterocycles. The normalized spacial score (nSPS) is 19.6. The second-order valence-corrected chi connectivity index (χ2v) is 4.11. The van der Waals surface area contributed by atoms with E-state index in [1.54, 1.807) is 12.1 Å². The molecule has 0 radical (unpaired) electrons. The molecule has 0 saturated carbocycles. The number of morpholine rings is 1. The molecule has 0 aliphatic carbocycles. The number of halogens is 1. The SMILES string of the molecule is CC(c1cc(N)ccc1F)N1CCOCC1. The first-order valence-electron chi connectivity index (χ1n) is 5.55. The Morgan fingerprint density at radius 1 is 1.38 bits per heavy atom. The quantitative estimate of drug-likeness (QED) is 0.778. The lowest BCUT2D eigenvalue weighted by atomic mass is 10.1. The van der Waals surface area contributed by atoms with E-state index >= 15 is 0 Å². The van der Waals surface area contributed by atoms with Crippen molar-refractivity contribution in [3.05, 3.63) is 29.6 Å². The van der Waals surface area contributed by atoms with Crippen molar-refractivity contribution in [3.63, 3.8) is 0 Å². The number of hydrogen-bond acceptors (Lipinski definition) is 3. The smallest absolute Gasteiger partial charge is 0.128 e. The molecular formula is C12H17FN2O. The van der Waals surface area contributed by atoms with Crippen LogP contribution in [0.1, 0.15) is 18.5 Å². The summed E-state index contributed by atoms with van der Waals surface area (Å²) in [5, 5.41) is 0. The van der Waals surface area contributed by atoms with Crippen LogP contribution in [0, 0.1) is 5.82 Å². The van der Waals surface area contributed by atoms with Crippen LogP contribution in [0.5, 0.6) is 0 Å². The monoisotopic (exact) mass is 224 g/mol. The highest BCUT2D eigenvalue weighted by Gasteiger charge is 2.20. The van der Waals surface area contributed by atoms with Crippen molar-refractivity contribution >= 4 is 5.69 Å². The molecule has 1 aromatic rings. The van der Waals surface area contributed by atoms with Crippen molar-refractivity contribution in [2.75, 3.05) is 32.0 Å². The van der Waals surface area contributed by atoms with Crippen LogP contribution in [0.4, 0.5) is 10.1 Å². The molecule has 1 atom stereocenters. The molecule has 4 heteroatoms. The van der Waals surface area contributed by atoms with Crippen molar-refractivity contribution in [3.8, 4) is 0 Å². The van der Waals surface area contributed by atoms with Gasteiger partial charge >= 0.3 is 0 Å². The van der Waals surface area contributed by atoms with Crippen LogP contribution < -0.4 is 5.73 Å². The number of benzene rings is 1. The first kappa shape index (κ1) is 11.4. The van der Waals surface area contributed by atoms with Gasteiger partial charge in [-0.05, 0) is 25.1 Å². The van der Waals surface area contributed by atoms with E-state index in [2.05, 4.69) is 4.90 Å². The highest BCUT2D eigenvalue weighted by atomic mass is 19.1. The van der Waals surface area contributed by atoms with E-state index in [1.807, 2.05) is 6.92 Å². The minimum absolute atomic E-state index is 0.0485. The van der Waals surface area contributed by atoms with Crippen LogP contribution in [0.2, 0.25) is 0 Å². The van der Waals surface area contributed by atoms with Crippen LogP contribution in [0.25, 0.3) is 0 Å². The van der Waals surface area contributed by atoms with Gasteiger partial charge in [-0.3, -0.25) is 4.90 Å². The van der Waals surface area contributed by atoms with Crippen LogP contribution >= 0.6 is 0 Å². The molecule has 1 fully saturated rings. The Bertz CT molecular complexity index is 364. The molecular weight excluding hydrogens is 207 g/mol. The largest absolute Gasteiger partial charge is 0.399 e. The van der Waals surface area contributed by atoms with Crippen LogP contribution in [0.3, 0.4) is 0 Å². The highest BCUT2D eigenvalue weighted by Crippen LogP contribution is 2.25. The molecule has 16 heavy (non-hydrogen) atoms.